The van der Waals surface area contributed by atoms with Crippen LogP contribution in [0.15, 0.2) is 52.5 Å². The number of hydrogen-bond donors (Lipinski definition) is 1. The van der Waals surface area contributed by atoms with Crippen molar-refractivity contribution in [3.63, 3.8) is 0 Å². The van der Waals surface area contributed by atoms with Gasteiger partial charge in [-0.2, -0.15) is 0 Å². The molecule has 5 aliphatic rings. The van der Waals surface area contributed by atoms with Crippen LogP contribution in [0.3, 0.4) is 0 Å². The van der Waals surface area contributed by atoms with Gasteiger partial charge in [0, 0.05) is 18.6 Å². The fourth-order valence-electron chi connectivity index (χ4n) is 7.46. The summed E-state index contributed by atoms with van der Waals surface area (Å²) in [5.74, 6) is 1.24. The van der Waals surface area contributed by atoms with E-state index in [0.717, 1.165) is 32.8 Å². The van der Waals surface area contributed by atoms with Gasteiger partial charge >= 0.3 is 6.03 Å². The molecular formula is C29H30BrN3O3. The molecule has 0 spiro atoms. The molecule has 4 bridgehead atoms. The van der Waals surface area contributed by atoms with Crippen LogP contribution in [0.2, 0.25) is 0 Å². The Kier molecular flexibility index (Phi) is 5.59. The number of nitrogens with one attached hydrogen (secondary N) is 1. The highest BCUT2D eigenvalue weighted by atomic mass is 79.9. The van der Waals surface area contributed by atoms with Crippen molar-refractivity contribution in [3.8, 4) is 0 Å². The summed E-state index contributed by atoms with van der Waals surface area (Å²) in [6, 6.07) is 12.8. The summed E-state index contributed by atoms with van der Waals surface area (Å²) in [6.07, 6.45) is 9.46. The van der Waals surface area contributed by atoms with E-state index in [1.54, 1.807) is 0 Å². The smallest absolute Gasteiger partial charge is 0.335 e. The number of carbonyl (C=O) groups excluding carboxylic acids is 3. The van der Waals surface area contributed by atoms with E-state index in [4.69, 9.17) is 0 Å². The van der Waals surface area contributed by atoms with Gasteiger partial charge in [0.25, 0.3) is 11.8 Å². The van der Waals surface area contributed by atoms with Crippen LogP contribution in [-0.4, -0.2) is 31.9 Å². The highest BCUT2D eigenvalue weighted by Gasteiger charge is 2.51. The third-order valence-electron chi connectivity index (χ3n) is 8.64. The molecule has 4 aliphatic carbocycles. The van der Waals surface area contributed by atoms with Crippen LogP contribution in [0.1, 0.15) is 49.7 Å². The molecule has 0 atom stereocenters. The van der Waals surface area contributed by atoms with E-state index < -0.39 is 17.8 Å². The first-order chi connectivity index (χ1) is 17.2. The zero-order chi connectivity index (χ0) is 25.2. The van der Waals surface area contributed by atoms with Crippen LogP contribution in [0.4, 0.5) is 16.2 Å². The molecule has 36 heavy (non-hydrogen) atoms. The highest BCUT2D eigenvalue weighted by molar-refractivity contribution is 9.10. The molecule has 7 heteroatoms. The van der Waals surface area contributed by atoms with Gasteiger partial charge in [-0.15, -0.1) is 0 Å². The van der Waals surface area contributed by atoms with Crippen molar-refractivity contribution in [1.29, 1.82) is 0 Å². The quantitative estimate of drug-likeness (QED) is 0.396. The molecule has 7 rings (SSSR count). The summed E-state index contributed by atoms with van der Waals surface area (Å²) in [7, 11) is 3.88. The Hall–Kier alpha value is -2.93. The van der Waals surface area contributed by atoms with Gasteiger partial charge in [0.2, 0.25) is 0 Å². The zero-order valence-electron chi connectivity index (χ0n) is 20.6. The maximum atomic E-state index is 13.4. The molecule has 186 valence electrons. The summed E-state index contributed by atoms with van der Waals surface area (Å²) in [5, 5.41) is 2.33. The molecule has 1 N–H and O–H groups in total. The third kappa shape index (κ3) is 3.88. The van der Waals surface area contributed by atoms with Crippen molar-refractivity contribution in [2.75, 3.05) is 23.9 Å². The van der Waals surface area contributed by atoms with Crippen LogP contribution in [0.5, 0.6) is 0 Å². The fourth-order valence-corrected chi connectivity index (χ4v) is 8.21. The Balaban J connectivity index is 1.28. The van der Waals surface area contributed by atoms with Crippen LogP contribution < -0.4 is 15.1 Å². The number of barbiturate groups is 1. The SMILES string of the molecule is CN(C)c1ccc(/C=C2\C(=O)NC(=O)N(c3ccc(C45CC6CC(CC(C6)C4)C5)cc3)C2=O)cc1Br. The number of rotatable bonds is 4. The van der Waals surface area contributed by atoms with Crippen molar-refractivity contribution in [2.24, 2.45) is 17.8 Å². The molecule has 2 aromatic carbocycles. The first kappa shape index (κ1) is 23.5. The van der Waals surface area contributed by atoms with Crippen LogP contribution in [0.25, 0.3) is 6.08 Å². The van der Waals surface area contributed by atoms with E-state index in [2.05, 4.69) is 33.4 Å². The second-order valence-corrected chi connectivity index (χ2v) is 12.2. The van der Waals surface area contributed by atoms with Crippen molar-refractivity contribution in [3.05, 3.63) is 63.6 Å². The number of anilines is 2. The normalized spacial score (nSPS) is 30.2. The fraction of sp³-hybridized carbons (Fsp3) is 0.414. The Morgan fingerprint density at radius 2 is 1.56 bits per heavy atom. The van der Waals surface area contributed by atoms with Crippen molar-refractivity contribution < 1.29 is 14.4 Å². The number of urea groups is 1. The van der Waals surface area contributed by atoms with Crippen molar-refractivity contribution in [1.82, 2.24) is 5.32 Å². The number of benzene rings is 2. The zero-order valence-corrected chi connectivity index (χ0v) is 22.2. The van der Waals surface area contributed by atoms with E-state index in [-0.39, 0.29) is 11.0 Å². The molecule has 0 aromatic heterocycles. The van der Waals surface area contributed by atoms with E-state index >= 15 is 0 Å². The van der Waals surface area contributed by atoms with Crippen molar-refractivity contribution >= 4 is 51.2 Å². The Bertz CT molecular complexity index is 1260. The Morgan fingerprint density at radius 3 is 2.11 bits per heavy atom. The van der Waals surface area contributed by atoms with Gasteiger partial charge in [0.1, 0.15) is 5.57 Å². The monoisotopic (exact) mass is 547 g/mol. The van der Waals surface area contributed by atoms with Gasteiger partial charge in [-0.1, -0.05) is 18.2 Å². The number of nitrogens with zero attached hydrogens (tertiary/aromatic N) is 2. The maximum Gasteiger partial charge on any atom is 0.335 e. The molecule has 2 aromatic rings. The second-order valence-electron chi connectivity index (χ2n) is 11.3. The van der Waals surface area contributed by atoms with Gasteiger partial charge in [0.05, 0.1) is 11.4 Å². The maximum absolute atomic E-state index is 13.4. The summed E-state index contributed by atoms with van der Waals surface area (Å²) in [5.41, 5.74) is 3.66. The van der Waals surface area contributed by atoms with Crippen LogP contribution >= 0.6 is 15.9 Å². The highest BCUT2D eigenvalue weighted by Crippen LogP contribution is 2.60. The minimum atomic E-state index is -0.714. The summed E-state index contributed by atoms with van der Waals surface area (Å²) in [6.45, 7) is 0. The predicted octanol–water partition coefficient (Wildman–Crippen LogP) is 5.65. The molecule has 0 radical (unpaired) electrons. The van der Waals surface area contributed by atoms with Crippen molar-refractivity contribution in [2.45, 2.75) is 43.9 Å². The standard InChI is InChI=1S/C29H30BrN3O3/c1-32(2)25-8-3-17(13-24(25)30)12-23-26(34)31-28(36)33(27(23)35)22-6-4-21(5-7-22)29-14-18-9-19(15-29)11-20(10-18)16-29/h3-8,12-13,18-20H,9-11,14-16H2,1-2H3,(H,31,34,36)/b23-12+. The van der Waals surface area contributed by atoms with E-state index in [1.807, 2.05) is 49.3 Å². The summed E-state index contributed by atoms with van der Waals surface area (Å²) in [4.78, 5) is 41.7. The number of carbonyl (C=O) groups is 3. The topological polar surface area (TPSA) is 69.7 Å². The average molecular weight is 548 g/mol. The molecule has 1 aliphatic heterocycles. The Labute approximate surface area is 219 Å². The number of imide groups is 2. The molecule has 0 unspecified atom stereocenters. The summed E-state index contributed by atoms with van der Waals surface area (Å²) >= 11 is 3.54. The molecule has 1 saturated heterocycles. The van der Waals surface area contributed by atoms with Gasteiger partial charge < -0.3 is 4.90 Å². The van der Waals surface area contributed by atoms with Gasteiger partial charge in [-0.3, -0.25) is 14.9 Å². The number of amides is 4. The molecule has 4 saturated carbocycles. The van der Waals surface area contributed by atoms with Gasteiger partial charge in [-0.25, -0.2) is 9.69 Å². The predicted molar refractivity (Wildman–Crippen MR) is 144 cm³/mol. The average Bonchev–Trinajstić information content (AvgIpc) is 2.81. The molecular weight excluding hydrogens is 518 g/mol. The lowest BCUT2D eigenvalue weighted by Crippen LogP contribution is -2.54. The lowest BCUT2D eigenvalue weighted by atomic mass is 9.48. The first-order valence-electron chi connectivity index (χ1n) is 12.7. The van der Waals surface area contributed by atoms with E-state index in [9.17, 15) is 14.4 Å². The molecule has 6 nitrogen and oxygen atoms in total. The first-order valence-corrected chi connectivity index (χ1v) is 13.5. The largest absolute Gasteiger partial charge is 0.377 e. The third-order valence-corrected chi connectivity index (χ3v) is 9.28. The van der Waals surface area contributed by atoms with E-state index in [0.29, 0.717) is 11.3 Å². The minimum Gasteiger partial charge on any atom is -0.377 e. The van der Waals surface area contributed by atoms with Gasteiger partial charge in [0.15, 0.2) is 0 Å². The number of hydrogen-bond acceptors (Lipinski definition) is 4. The molecule has 4 amide bonds. The lowest BCUT2D eigenvalue weighted by Gasteiger charge is -2.57. The minimum absolute atomic E-state index is 0.0655. The molecule has 5 fully saturated rings. The van der Waals surface area contributed by atoms with Crippen LogP contribution in [0, 0.1) is 17.8 Å². The number of halogens is 1. The van der Waals surface area contributed by atoms with Crippen LogP contribution in [-0.2, 0) is 15.0 Å². The summed E-state index contributed by atoms with van der Waals surface area (Å²) < 4.78 is 0.846. The molecule has 1 heterocycles. The lowest BCUT2D eigenvalue weighted by molar-refractivity contribution is -0.122. The van der Waals surface area contributed by atoms with Gasteiger partial charge in [-0.05, 0) is 119 Å². The second kappa shape index (κ2) is 8.58. The van der Waals surface area contributed by atoms with E-state index in [1.165, 1.54) is 50.2 Å². The Morgan fingerprint density at radius 1 is 0.944 bits per heavy atom.